The highest BCUT2D eigenvalue weighted by Crippen LogP contribution is 2.53. The van der Waals surface area contributed by atoms with E-state index in [1.54, 1.807) is 30.5 Å². The van der Waals surface area contributed by atoms with E-state index in [1.807, 2.05) is 12.1 Å². The number of anilines is 2. The van der Waals surface area contributed by atoms with Crippen molar-refractivity contribution in [1.29, 1.82) is 0 Å². The number of nitrogens with one attached hydrogen (secondary N) is 3. The molecule has 5 heterocycles. The number of carbonyl (C=O) groups excluding carboxylic acids is 1. The minimum atomic E-state index is -4.60. The second-order valence-electron chi connectivity index (χ2n) is 17.5. The number of pyridine rings is 2. The molecule has 3 aromatic heterocycles. The molecule has 1 atom stereocenters. The van der Waals surface area contributed by atoms with Crippen LogP contribution in [0.2, 0.25) is 0 Å². The third-order valence-corrected chi connectivity index (χ3v) is 15.5. The van der Waals surface area contributed by atoms with Crippen molar-refractivity contribution in [2.24, 2.45) is 17.3 Å². The first-order valence-electron chi connectivity index (χ1n) is 21.5. The average molecular weight is 928 g/mol. The fraction of sp³-hybridized carbons (Fsp3) is 0.444. The fourth-order valence-corrected chi connectivity index (χ4v) is 11.3. The highest BCUT2D eigenvalue weighted by atomic mass is 79.9. The summed E-state index contributed by atoms with van der Waals surface area (Å²) >= 11 is 3.76. The maximum absolute atomic E-state index is 13.9. The van der Waals surface area contributed by atoms with Crippen molar-refractivity contribution < 1.29 is 27.6 Å². The van der Waals surface area contributed by atoms with E-state index in [9.17, 15) is 23.3 Å². The standard InChI is InChI=1S/C45H51BrN8O7S/c1-29-6-8-30(9-7-29)25-48-43-39(54(56)57)22-35(27-50-43)62(58,59)51-44(55)37-11-10-32(21-41(37)61-34-20-31-12-15-47-42(31)49-26-34)52-16-13-45(14-17-52)23-33(24-45)53-18-19-60-28-40(53)36-4-2-3-5-38(36)46/h2-5,10-12,15,20-22,26-27,29-30,33,40H,6-9,13-14,16-19,23-25,28H2,1H3,(H,47,49)(H,48,50)(H,51,55)/t29-,30+,40-/m0/s1. The van der Waals surface area contributed by atoms with Gasteiger partial charge in [0.1, 0.15) is 22.0 Å². The van der Waals surface area contributed by atoms with Crippen LogP contribution in [-0.2, 0) is 14.8 Å². The van der Waals surface area contributed by atoms with Gasteiger partial charge in [-0.05, 0) is 91.7 Å². The highest BCUT2D eigenvalue weighted by molar-refractivity contribution is 9.10. The molecular formula is C45H51BrN8O7S. The molecule has 0 unspecified atom stereocenters. The number of ether oxygens (including phenoxy) is 2. The van der Waals surface area contributed by atoms with E-state index < -0.39 is 31.4 Å². The van der Waals surface area contributed by atoms with E-state index in [0.717, 1.165) is 105 Å². The number of aromatic amines is 1. The number of fused-ring (bicyclic) bond motifs is 1. The van der Waals surface area contributed by atoms with Gasteiger partial charge < -0.3 is 24.7 Å². The Bertz CT molecular complexity index is 2570. The molecule has 15 nitrogen and oxygen atoms in total. The molecular weight excluding hydrogens is 877 g/mol. The predicted molar refractivity (Wildman–Crippen MR) is 239 cm³/mol. The van der Waals surface area contributed by atoms with Crippen molar-refractivity contribution in [3.63, 3.8) is 0 Å². The van der Waals surface area contributed by atoms with Crippen LogP contribution in [-0.4, -0.2) is 84.5 Å². The number of nitrogens with zero attached hydrogens (tertiary/aromatic N) is 5. The number of halogens is 1. The molecule has 62 heavy (non-hydrogen) atoms. The molecule has 2 aliphatic heterocycles. The zero-order valence-corrected chi connectivity index (χ0v) is 37.0. The molecule has 4 fully saturated rings. The summed E-state index contributed by atoms with van der Waals surface area (Å²) in [7, 11) is -4.60. The third-order valence-electron chi connectivity index (χ3n) is 13.5. The molecule has 1 amide bonds. The zero-order valence-electron chi connectivity index (χ0n) is 34.6. The van der Waals surface area contributed by atoms with E-state index in [-0.39, 0.29) is 28.6 Å². The largest absolute Gasteiger partial charge is 0.455 e. The Balaban J connectivity index is 0.903. The summed E-state index contributed by atoms with van der Waals surface area (Å²) < 4.78 is 42.8. The number of amides is 1. The van der Waals surface area contributed by atoms with Crippen molar-refractivity contribution in [3.8, 4) is 11.5 Å². The minimum absolute atomic E-state index is 0.0128. The predicted octanol–water partition coefficient (Wildman–Crippen LogP) is 8.60. The van der Waals surface area contributed by atoms with Crippen LogP contribution >= 0.6 is 15.9 Å². The maximum Gasteiger partial charge on any atom is 0.312 e. The summed E-state index contributed by atoms with van der Waals surface area (Å²) in [5.41, 5.74) is 2.51. The molecule has 4 aliphatic rings. The van der Waals surface area contributed by atoms with Crippen molar-refractivity contribution in [3.05, 3.63) is 105 Å². The first-order valence-corrected chi connectivity index (χ1v) is 23.7. The van der Waals surface area contributed by atoms with Gasteiger partial charge in [0.2, 0.25) is 5.82 Å². The Morgan fingerprint density at radius 1 is 1.03 bits per heavy atom. The van der Waals surface area contributed by atoms with E-state index in [2.05, 4.69) is 75.8 Å². The van der Waals surface area contributed by atoms with E-state index in [0.29, 0.717) is 42.4 Å². The number of piperidine rings is 1. The Morgan fingerprint density at radius 2 is 1.82 bits per heavy atom. The summed E-state index contributed by atoms with van der Waals surface area (Å²) in [6.07, 6.45) is 12.8. The Labute approximate surface area is 369 Å². The van der Waals surface area contributed by atoms with Gasteiger partial charge >= 0.3 is 5.69 Å². The monoisotopic (exact) mass is 926 g/mol. The molecule has 3 N–H and O–H groups in total. The quantitative estimate of drug-likeness (QED) is 0.0801. The lowest BCUT2D eigenvalue weighted by atomic mass is 9.59. The number of aromatic nitrogens is 3. The van der Waals surface area contributed by atoms with Gasteiger partial charge in [-0.2, -0.15) is 0 Å². The van der Waals surface area contributed by atoms with Crippen LogP contribution < -0.4 is 19.7 Å². The van der Waals surface area contributed by atoms with Crippen LogP contribution in [0.1, 0.15) is 80.3 Å². The lowest BCUT2D eigenvalue weighted by molar-refractivity contribution is -0.384. The van der Waals surface area contributed by atoms with Crippen molar-refractivity contribution in [2.75, 3.05) is 49.6 Å². The van der Waals surface area contributed by atoms with Crippen molar-refractivity contribution in [1.82, 2.24) is 24.6 Å². The Kier molecular flexibility index (Phi) is 12.0. The summed E-state index contributed by atoms with van der Waals surface area (Å²) in [6.45, 7) is 6.68. The van der Waals surface area contributed by atoms with E-state index in [1.165, 1.54) is 11.8 Å². The van der Waals surface area contributed by atoms with Crippen LogP contribution in [0, 0.1) is 27.4 Å². The van der Waals surface area contributed by atoms with Crippen LogP contribution in [0.3, 0.4) is 0 Å². The number of nitro groups is 1. The molecule has 5 aromatic rings. The average Bonchev–Trinajstić information content (AvgIpc) is 3.73. The topological polar surface area (TPSA) is 185 Å². The SMILES string of the molecule is C[C@H]1CC[C@@H](CNc2ncc(S(=O)(=O)NC(=O)c3ccc(N4CCC5(CC4)CC(N4CCOC[C@H]4c4ccccc4Br)C5)cc3Oc3cnc4[nH]ccc4c3)cc2[N+](=O)[O-])CC1. The van der Waals surface area contributed by atoms with Gasteiger partial charge in [-0.25, -0.2) is 23.1 Å². The van der Waals surface area contributed by atoms with Gasteiger partial charge in [0, 0.05) is 66.1 Å². The van der Waals surface area contributed by atoms with Gasteiger partial charge in [-0.1, -0.05) is 53.9 Å². The summed E-state index contributed by atoms with van der Waals surface area (Å²) in [4.78, 5) is 41.4. The molecule has 2 aliphatic carbocycles. The number of sulfonamides is 1. The van der Waals surface area contributed by atoms with Crippen LogP contribution in [0.4, 0.5) is 17.2 Å². The molecule has 326 valence electrons. The van der Waals surface area contributed by atoms with Gasteiger partial charge in [-0.15, -0.1) is 0 Å². The van der Waals surface area contributed by atoms with Gasteiger partial charge in [0.05, 0.1) is 42.1 Å². The smallest absolute Gasteiger partial charge is 0.312 e. The molecule has 2 aromatic carbocycles. The minimum Gasteiger partial charge on any atom is -0.455 e. The fourth-order valence-electron chi connectivity index (χ4n) is 9.84. The zero-order chi connectivity index (χ0) is 43.0. The summed E-state index contributed by atoms with van der Waals surface area (Å²) in [5.74, 6) is 0.536. The highest BCUT2D eigenvalue weighted by Gasteiger charge is 2.49. The molecule has 0 radical (unpaired) electrons. The first-order chi connectivity index (χ1) is 29.9. The summed E-state index contributed by atoms with van der Waals surface area (Å²) in [6, 6.07) is 18.8. The number of benzene rings is 2. The first kappa shape index (κ1) is 42.2. The molecule has 9 rings (SSSR count). The number of carbonyl (C=O) groups is 1. The van der Waals surface area contributed by atoms with Crippen molar-refractivity contribution in [2.45, 2.75) is 75.3 Å². The third kappa shape index (κ3) is 8.90. The molecule has 1 spiro atoms. The van der Waals surface area contributed by atoms with Crippen LogP contribution in [0.5, 0.6) is 11.5 Å². The Morgan fingerprint density at radius 3 is 2.60 bits per heavy atom. The normalized spacial score (nSPS) is 22.0. The number of hydrogen-bond acceptors (Lipinski definition) is 12. The van der Waals surface area contributed by atoms with Gasteiger partial charge in [0.15, 0.2) is 0 Å². The van der Waals surface area contributed by atoms with Gasteiger partial charge in [-0.3, -0.25) is 19.8 Å². The molecule has 2 saturated heterocycles. The number of H-pyrrole nitrogens is 1. The van der Waals surface area contributed by atoms with Crippen LogP contribution in [0.25, 0.3) is 11.0 Å². The Hall–Kier alpha value is -5.10. The van der Waals surface area contributed by atoms with Crippen LogP contribution in [0.15, 0.2) is 88.6 Å². The number of hydrogen-bond donors (Lipinski definition) is 3. The maximum atomic E-state index is 13.9. The van der Waals surface area contributed by atoms with Gasteiger partial charge in [0.25, 0.3) is 15.9 Å². The lowest BCUT2D eigenvalue weighted by Gasteiger charge is -2.57. The van der Waals surface area contributed by atoms with E-state index in [4.69, 9.17) is 9.47 Å². The molecule has 0 bridgehead atoms. The molecule has 17 heteroatoms. The summed E-state index contributed by atoms with van der Waals surface area (Å²) in [5, 5.41) is 16.0. The second-order valence-corrected chi connectivity index (χ2v) is 20.0. The second kappa shape index (κ2) is 17.6. The van der Waals surface area contributed by atoms with Crippen molar-refractivity contribution >= 4 is 60.1 Å². The number of rotatable bonds is 12. The van der Waals surface area contributed by atoms with E-state index >= 15 is 0 Å². The number of morpholine rings is 1. The lowest BCUT2D eigenvalue weighted by Crippen LogP contribution is -2.57. The molecule has 2 saturated carbocycles.